The van der Waals surface area contributed by atoms with E-state index in [4.69, 9.17) is 30.7 Å². The van der Waals surface area contributed by atoms with E-state index in [9.17, 15) is 4.79 Å². The van der Waals surface area contributed by atoms with Gasteiger partial charge in [-0.15, -0.1) is 0 Å². The first kappa shape index (κ1) is 27.6. The number of carbonyl (C=O) groups excluding carboxylic acids is 1. The first-order chi connectivity index (χ1) is 20.1. The molecule has 1 N–H and O–H groups in total. The van der Waals surface area contributed by atoms with Gasteiger partial charge in [-0.3, -0.25) is 4.79 Å². The number of ether oxygens (including phenoxy) is 1. The van der Waals surface area contributed by atoms with Crippen LogP contribution in [0.2, 0.25) is 5.02 Å². The van der Waals surface area contributed by atoms with Crippen LogP contribution in [0, 0.1) is 0 Å². The number of thioether (sulfide) groups is 1. The lowest BCUT2D eigenvalue weighted by Crippen LogP contribution is -2.47. The van der Waals surface area contributed by atoms with E-state index in [0.29, 0.717) is 29.0 Å². The Morgan fingerprint density at radius 1 is 0.976 bits per heavy atom. The maximum absolute atomic E-state index is 12.5. The largest absolute Gasteiger partial charge is 0.455 e. The average molecular weight is 590 g/mol. The van der Waals surface area contributed by atoms with Crippen LogP contribution in [-0.4, -0.2) is 61.3 Å². The van der Waals surface area contributed by atoms with E-state index >= 15 is 0 Å². The molecule has 4 heterocycles. The molecule has 2 aliphatic rings. The van der Waals surface area contributed by atoms with Crippen molar-refractivity contribution in [3.63, 3.8) is 0 Å². The van der Waals surface area contributed by atoms with E-state index < -0.39 is 0 Å². The molecule has 2 aliphatic heterocycles. The van der Waals surface area contributed by atoms with Crippen molar-refractivity contribution in [3.8, 4) is 11.3 Å². The van der Waals surface area contributed by atoms with Crippen molar-refractivity contribution in [3.05, 3.63) is 89.3 Å². The Morgan fingerprint density at radius 3 is 2.54 bits per heavy atom. The summed E-state index contributed by atoms with van der Waals surface area (Å²) >= 11 is 7.95. The summed E-state index contributed by atoms with van der Waals surface area (Å²) in [6, 6.07) is 23.7. The number of nitrogens with one attached hydrogen (secondary N) is 1. The smallest absolute Gasteiger partial charge is 0.287 e. The van der Waals surface area contributed by atoms with Crippen LogP contribution in [0.1, 0.15) is 29.2 Å². The molecule has 4 aromatic rings. The second-order valence-electron chi connectivity index (χ2n) is 10.1. The number of carbonyl (C=O) groups is 1. The highest BCUT2D eigenvalue weighted by Gasteiger charge is 2.22. The zero-order valence-corrected chi connectivity index (χ0v) is 24.2. The number of benzene rings is 2. The minimum absolute atomic E-state index is 0.0892. The standard InChI is InChI=1S/C31H32ClN5O3S/c32-25-10-4-5-11-27(25)36-14-16-37(17-15-36)29-19-26(22-7-2-1-3-8-22)34-31(35-29)41-21-24-12-13-28(40-24)30(38)33-20-23-9-6-18-39-23/h1-5,7-8,10-13,19,23H,6,9,14-18,20-21H2,(H,33,38). The topological polar surface area (TPSA) is 83.7 Å². The maximum Gasteiger partial charge on any atom is 0.287 e. The van der Waals surface area contributed by atoms with Crippen molar-refractivity contribution in [1.82, 2.24) is 15.3 Å². The molecule has 0 saturated carbocycles. The Morgan fingerprint density at radius 2 is 1.76 bits per heavy atom. The summed E-state index contributed by atoms with van der Waals surface area (Å²) in [7, 11) is 0. The number of furan rings is 1. The van der Waals surface area contributed by atoms with Crippen LogP contribution in [0.5, 0.6) is 0 Å². The van der Waals surface area contributed by atoms with E-state index in [-0.39, 0.29) is 12.0 Å². The van der Waals surface area contributed by atoms with Gasteiger partial charge in [-0.05, 0) is 37.1 Å². The highest BCUT2D eigenvalue weighted by Crippen LogP contribution is 2.30. The number of halogens is 1. The van der Waals surface area contributed by atoms with Gasteiger partial charge >= 0.3 is 0 Å². The van der Waals surface area contributed by atoms with E-state index in [1.165, 1.54) is 11.8 Å². The minimum atomic E-state index is -0.225. The van der Waals surface area contributed by atoms with Gasteiger partial charge in [0.15, 0.2) is 10.9 Å². The molecule has 212 valence electrons. The lowest BCUT2D eigenvalue weighted by atomic mass is 10.1. The minimum Gasteiger partial charge on any atom is -0.455 e. The van der Waals surface area contributed by atoms with Crippen molar-refractivity contribution in [2.45, 2.75) is 29.9 Å². The number of anilines is 2. The molecule has 1 atom stereocenters. The highest BCUT2D eigenvalue weighted by molar-refractivity contribution is 7.98. The number of nitrogens with zero attached hydrogens (tertiary/aromatic N) is 4. The summed E-state index contributed by atoms with van der Waals surface area (Å²) in [5, 5.41) is 4.34. The van der Waals surface area contributed by atoms with Crippen LogP contribution in [0.25, 0.3) is 11.3 Å². The number of hydrogen-bond acceptors (Lipinski definition) is 8. The predicted molar refractivity (Wildman–Crippen MR) is 163 cm³/mol. The fourth-order valence-electron chi connectivity index (χ4n) is 5.09. The quantitative estimate of drug-likeness (QED) is 0.190. The summed E-state index contributed by atoms with van der Waals surface area (Å²) in [6.45, 7) is 4.60. The van der Waals surface area contributed by atoms with Gasteiger partial charge in [0, 0.05) is 51.0 Å². The van der Waals surface area contributed by atoms with E-state index in [1.807, 2.05) is 42.5 Å². The molecule has 6 rings (SSSR count). The van der Waals surface area contributed by atoms with Crippen molar-refractivity contribution in [2.75, 3.05) is 49.1 Å². The lowest BCUT2D eigenvalue weighted by Gasteiger charge is -2.37. The summed E-state index contributed by atoms with van der Waals surface area (Å²) in [5.74, 6) is 2.18. The predicted octanol–water partition coefficient (Wildman–Crippen LogP) is 5.92. The van der Waals surface area contributed by atoms with Crippen molar-refractivity contribution >= 4 is 40.8 Å². The van der Waals surface area contributed by atoms with Crippen molar-refractivity contribution in [2.24, 2.45) is 0 Å². The van der Waals surface area contributed by atoms with Gasteiger partial charge in [-0.1, -0.05) is 65.8 Å². The second-order valence-corrected chi connectivity index (χ2v) is 11.4. The summed E-state index contributed by atoms with van der Waals surface area (Å²) in [6.07, 6.45) is 2.10. The molecule has 0 radical (unpaired) electrons. The Bertz CT molecular complexity index is 1470. The number of amides is 1. The zero-order chi connectivity index (χ0) is 28.0. The molecule has 1 amide bonds. The Balaban J connectivity index is 1.14. The van der Waals surface area contributed by atoms with Crippen LogP contribution in [-0.2, 0) is 10.5 Å². The third-order valence-corrected chi connectivity index (χ3v) is 8.49. The van der Waals surface area contributed by atoms with Crippen LogP contribution >= 0.6 is 23.4 Å². The monoisotopic (exact) mass is 589 g/mol. The van der Waals surface area contributed by atoms with E-state index in [2.05, 4.69) is 39.4 Å². The van der Waals surface area contributed by atoms with Crippen LogP contribution < -0.4 is 15.1 Å². The number of aromatic nitrogens is 2. The molecular formula is C31H32ClN5O3S. The van der Waals surface area contributed by atoms with Crippen LogP contribution in [0.15, 0.2) is 82.4 Å². The molecule has 10 heteroatoms. The van der Waals surface area contributed by atoms with Gasteiger partial charge in [0.05, 0.1) is 28.3 Å². The van der Waals surface area contributed by atoms with Crippen LogP contribution in [0.4, 0.5) is 11.5 Å². The molecule has 0 aliphatic carbocycles. The van der Waals surface area contributed by atoms with Gasteiger partial charge in [-0.25, -0.2) is 9.97 Å². The Labute approximate surface area is 249 Å². The maximum atomic E-state index is 12.5. The van der Waals surface area contributed by atoms with Gasteiger partial charge in [0.1, 0.15) is 11.6 Å². The normalized spacial score (nSPS) is 17.1. The van der Waals surface area contributed by atoms with Gasteiger partial charge in [0.2, 0.25) is 0 Å². The van der Waals surface area contributed by atoms with Gasteiger partial charge < -0.3 is 24.3 Å². The molecule has 2 saturated heterocycles. The SMILES string of the molecule is O=C(NCC1CCCO1)c1ccc(CSc2nc(-c3ccccc3)cc(N3CCN(c4ccccc4Cl)CC3)n2)o1. The van der Waals surface area contributed by atoms with Crippen molar-refractivity contribution in [1.29, 1.82) is 0 Å². The molecule has 0 bridgehead atoms. The Hall–Kier alpha value is -3.53. The molecule has 1 unspecified atom stereocenters. The number of para-hydroxylation sites is 1. The molecule has 2 aromatic heterocycles. The summed E-state index contributed by atoms with van der Waals surface area (Å²) in [4.78, 5) is 26.9. The highest BCUT2D eigenvalue weighted by atomic mass is 35.5. The number of rotatable bonds is 9. The molecule has 0 spiro atoms. The fraction of sp³-hybridized carbons (Fsp3) is 0.323. The number of hydrogen-bond donors (Lipinski definition) is 1. The fourth-order valence-corrected chi connectivity index (χ4v) is 6.10. The molecular weight excluding hydrogens is 558 g/mol. The van der Waals surface area contributed by atoms with Crippen LogP contribution in [0.3, 0.4) is 0 Å². The van der Waals surface area contributed by atoms with Gasteiger partial charge in [0.25, 0.3) is 5.91 Å². The third-order valence-electron chi connectivity index (χ3n) is 7.30. The molecule has 2 aromatic carbocycles. The number of piperazine rings is 1. The third kappa shape index (κ3) is 6.86. The molecule has 8 nitrogen and oxygen atoms in total. The second kappa shape index (κ2) is 13.0. The van der Waals surface area contributed by atoms with Gasteiger partial charge in [-0.2, -0.15) is 0 Å². The van der Waals surface area contributed by atoms with E-state index in [0.717, 1.165) is 73.4 Å². The summed E-state index contributed by atoms with van der Waals surface area (Å²) < 4.78 is 11.4. The zero-order valence-electron chi connectivity index (χ0n) is 22.7. The first-order valence-electron chi connectivity index (χ1n) is 13.9. The lowest BCUT2D eigenvalue weighted by molar-refractivity contribution is 0.0834. The summed E-state index contributed by atoms with van der Waals surface area (Å²) in [5.41, 5.74) is 2.98. The molecule has 41 heavy (non-hydrogen) atoms. The average Bonchev–Trinajstić information content (AvgIpc) is 3.72. The Kier molecular flexibility index (Phi) is 8.74. The first-order valence-corrected chi connectivity index (χ1v) is 15.3. The van der Waals surface area contributed by atoms with Crippen molar-refractivity contribution < 1.29 is 13.9 Å². The molecule has 2 fully saturated rings. The van der Waals surface area contributed by atoms with E-state index in [1.54, 1.807) is 6.07 Å².